The number of nitrogens with one attached hydrogen (secondary N) is 1. The Kier molecular flexibility index (Phi) is 5.61. The number of nitrogens with two attached hydrogens (primary N) is 1. The van der Waals surface area contributed by atoms with Crippen molar-refractivity contribution in [2.45, 2.75) is 12.6 Å². The van der Waals surface area contributed by atoms with E-state index in [1.807, 2.05) is 0 Å². The highest BCUT2D eigenvalue weighted by Crippen LogP contribution is 2.36. The minimum Gasteiger partial charge on any atom is -0.400 e. The standard InChI is InChI=1S/C19H15ClF4N4O/c20-16-12(2-1-3-13(16)19(22,23)24)18(29)28-7-6-11(14(25)9-28)17(26)15-5-4-10(21)8-27-15/h1-5,8,26H,6-7,9,25H2. The Morgan fingerprint density at radius 3 is 2.55 bits per heavy atom. The number of rotatable bonds is 3. The van der Waals surface area contributed by atoms with Crippen LogP contribution in [0.5, 0.6) is 0 Å². The summed E-state index contributed by atoms with van der Waals surface area (Å²) in [6, 6.07) is 5.66. The number of amides is 1. The summed E-state index contributed by atoms with van der Waals surface area (Å²) in [7, 11) is 0. The Labute approximate surface area is 168 Å². The van der Waals surface area contributed by atoms with Crippen molar-refractivity contribution >= 4 is 23.2 Å². The van der Waals surface area contributed by atoms with E-state index in [9.17, 15) is 22.4 Å². The highest BCUT2D eigenvalue weighted by Gasteiger charge is 2.35. The van der Waals surface area contributed by atoms with Gasteiger partial charge in [-0.15, -0.1) is 0 Å². The first-order chi connectivity index (χ1) is 13.6. The molecule has 1 aromatic heterocycles. The molecule has 0 saturated heterocycles. The highest BCUT2D eigenvalue weighted by atomic mass is 35.5. The molecule has 0 saturated carbocycles. The Balaban J connectivity index is 1.83. The molecule has 1 aromatic carbocycles. The van der Waals surface area contributed by atoms with E-state index in [0.717, 1.165) is 18.3 Å². The average Bonchev–Trinajstić information content (AvgIpc) is 2.66. The summed E-state index contributed by atoms with van der Waals surface area (Å²) < 4.78 is 52.1. The monoisotopic (exact) mass is 426 g/mol. The van der Waals surface area contributed by atoms with Crippen LogP contribution in [-0.2, 0) is 6.18 Å². The number of carbonyl (C=O) groups excluding carboxylic acids is 1. The molecular weight excluding hydrogens is 412 g/mol. The predicted molar refractivity (Wildman–Crippen MR) is 99.2 cm³/mol. The van der Waals surface area contributed by atoms with Crippen LogP contribution in [0.4, 0.5) is 17.6 Å². The first-order valence-electron chi connectivity index (χ1n) is 8.43. The molecule has 0 atom stereocenters. The van der Waals surface area contributed by atoms with Crippen LogP contribution in [-0.4, -0.2) is 34.6 Å². The summed E-state index contributed by atoms with van der Waals surface area (Å²) in [5.41, 5.74) is 5.56. The summed E-state index contributed by atoms with van der Waals surface area (Å²) in [5.74, 6) is -1.23. The highest BCUT2D eigenvalue weighted by molar-refractivity contribution is 6.34. The molecule has 152 valence electrons. The summed E-state index contributed by atoms with van der Waals surface area (Å²) >= 11 is 5.83. The van der Waals surface area contributed by atoms with Gasteiger partial charge >= 0.3 is 6.18 Å². The number of pyridine rings is 1. The number of carbonyl (C=O) groups is 1. The first-order valence-corrected chi connectivity index (χ1v) is 8.80. The zero-order chi connectivity index (χ0) is 21.3. The first kappa shape index (κ1) is 20.8. The van der Waals surface area contributed by atoms with E-state index in [0.29, 0.717) is 5.57 Å². The topological polar surface area (TPSA) is 83.1 Å². The van der Waals surface area contributed by atoms with Gasteiger partial charge in [-0.3, -0.25) is 15.2 Å². The summed E-state index contributed by atoms with van der Waals surface area (Å²) in [6.45, 7) is 0.0509. The second kappa shape index (κ2) is 7.82. The van der Waals surface area contributed by atoms with Gasteiger partial charge in [0.1, 0.15) is 5.82 Å². The molecule has 0 bridgehead atoms. The van der Waals surface area contributed by atoms with E-state index in [1.165, 1.54) is 23.1 Å². The van der Waals surface area contributed by atoms with E-state index in [-0.39, 0.29) is 42.2 Å². The van der Waals surface area contributed by atoms with E-state index in [4.69, 9.17) is 22.7 Å². The molecule has 1 amide bonds. The fourth-order valence-corrected chi connectivity index (χ4v) is 3.33. The zero-order valence-corrected chi connectivity index (χ0v) is 15.6. The fraction of sp³-hybridized carbons (Fsp3) is 0.211. The van der Waals surface area contributed by atoms with Crippen molar-refractivity contribution in [3.8, 4) is 0 Å². The number of hydrogen-bond donors (Lipinski definition) is 2. The van der Waals surface area contributed by atoms with Crippen molar-refractivity contribution in [3.63, 3.8) is 0 Å². The second-order valence-corrected chi connectivity index (χ2v) is 6.76. The third-order valence-electron chi connectivity index (χ3n) is 4.49. The van der Waals surface area contributed by atoms with E-state index < -0.39 is 28.5 Å². The molecule has 3 N–H and O–H groups in total. The van der Waals surface area contributed by atoms with Gasteiger partial charge < -0.3 is 10.6 Å². The predicted octanol–water partition coefficient (Wildman–Crippen LogP) is 4.02. The van der Waals surface area contributed by atoms with Crippen LogP contribution in [0.2, 0.25) is 5.02 Å². The molecular formula is C19H15ClF4N4O. The lowest BCUT2D eigenvalue weighted by atomic mass is 9.97. The summed E-state index contributed by atoms with van der Waals surface area (Å²) in [5, 5.41) is 7.56. The molecule has 2 heterocycles. The number of nitrogens with zero attached hydrogens (tertiary/aromatic N) is 2. The maximum absolute atomic E-state index is 13.0. The molecule has 10 heteroatoms. The van der Waals surface area contributed by atoms with E-state index in [2.05, 4.69) is 4.98 Å². The van der Waals surface area contributed by atoms with Crippen molar-refractivity contribution in [2.24, 2.45) is 5.73 Å². The molecule has 1 aliphatic rings. The van der Waals surface area contributed by atoms with Gasteiger partial charge in [0.15, 0.2) is 0 Å². The lowest BCUT2D eigenvalue weighted by Crippen LogP contribution is -2.40. The summed E-state index contributed by atoms with van der Waals surface area (Å²) in [4.78, 5) is 17.8. The molecule has 1 aliphatic heterocycles. The minimum absolute atomic E-state index is 0.00620. The van der Waals surface area contributed by atoms with Crippen LogP contribution in [0.25, 0.3) is 0 Å². The largest absolute Gasteiger partial charge is 0.417 e. The molecule has 0 aliphatic carbocycles. The molecule has 5 nitrogen and oxygen atoms in total. The van der Waals surface area contributed by atoms with E-state index in [1.54, 1.807) is 0 Å². The molecule has 2 aromatic rings. The van der Waals surface area contributed by atoms with Gasteiger partial charge in [-0.25, -0.2) is 4.39 Å². The number of halogens is 5. The number of benzene rings is 1. The van der Waals surface area contributed by atoms with Gasteiger partial charge in [0.2, 0.25) is 0 Å². The van der Waals surface area contributed by atoms with Crippen molar-refractivity contribution < 1.29 is 22.4 Å². The molecule has 3 rings (SSSR count). The Morgan fingerprint density at radius 2 is 1.97 bits per heavy atom. The van der Waals surface area contributed by atoms with Crippen LogP contribution >= 0.6 is 11.6 Å². The number of alkyl halides is 3. The third-order valence-corrected chi connectivity index (χ3v) is 4.89. The fourth-order valence-electron chi connectivity index (χ4n) is 3.01. The number of aromatic nitrogens is 1. The molecule has 29 heavy (non-hydrogen) atoms. The normalized spacial score (nSPS) is 14.9. The lowest BCUT2D eigenvalue weighted by Gasteiger charge is -2.30. The van der Waals surface area contributed by atoms with Crippen LogP contribution in [0, 0.1) is 11.2 Å². The van der Waals surface area contributed by atoms with Crippen LogP contribution in [0.1, 0.15) is 28.0 Å². The molecule has 0 fully saturated rings. The van der Waals surface area contributed by atoms with Gasteiger partial charge in [0, 0.05) is 17.8 Å². The molecule has 0 unspecified atom stereocenters. The van der Waals surface area contributed by atoms with Crippen molar-refractivity contribution in [3.05, 3.63) is 75.5 Å². The van der Waals surface area contributed by atoms with Crippen molar-refractivity contribution in [2.75, 3.05) is 13.1 Å². The SMILES string of the molecule is N=C(C1=C(N)CN(C(=O)c2cccc(C(F)(F)F)c2Cl)CC1)c1ccc(F)cn1. The van der Waals surface area contributed by atoms with Crippen molar-refractivity contribution in [1.29, 1.82) is 5.41 Å². The maximum atomic E-state index is 13.0. The smallest absolute Gasteiger partial charge is 0.400 e. The minimum atomic E-state index is -4.68. The quantitative estimate of drug-likeness (QED) is 0.574. The van der Waals surface area contributed by atoms with Crippen LogP contribution < -0.4 is 5.73 Å². The van der Waals surface area contributed by atoms with Gasteiger partial charge in [-0.1, -0.05) is 17.7 Å². The molecule has 0 spiro atoms. The Hall–Kier alpha value is -2.94. The van der Waals surface area contributed by atoms with Gasteiger partial charge in [0.25, 0.3) is 5.91 Å². The molecule has 0 radical (unpaired) electrons. The summed E-state index contributed by atoms with van der Waals surface area (Å²) in [6.07, 6.45) is -3.50. The second-order valence-electron chi connectivity index (χ2n) is 6.38. The zero-order valence-electron chi connectivity index (χ0n) is 14.9. The Morgan fingerprint density at radius 1 is 1.24 bits per heavy atom. The van der Waals surface area contributed by atoms with Gasteiger partial charge in [-0.2, -0.15) is 13.2 Å². The number of hydrogen-bond acceptors (Lipinski definition) is 4. The Bertz CT molecular complexity index is 1000. The van der Waals surface area contributed by atoms with E-state index >= 15 is 0 Å². The van der Waals surface area contributed by atoms with Gasteiger partial charge in [-0.05, 0) is 30.7 Å². The third kappa shape index (κ3) is 4.24. The van der Waals surface area contributed by atoms with Crippen molar-refractivity contribution in [1.82, 2.24) is 9.88 Å². The van der Waals surface area contributed by atoms with Crippen LogP contribution in [0.3, 0.4) is 0 Å². The lowest BCUT2D eigenvalue weighted by molar-refractivity contribution is -0.137. The van der Waals surface area contributed by atoms with Gasteiger partial charge in [0.05, 0.1) is 40.3 Å². The maximum Gasteiger partial charge on any atom is 0.417 e. The average molecular weight is 427 g/mol. The van der Waals surface area contributed by atoms with Crippen LogP contribution in [0.15, 0.2) is 47.8 Å².